The molecule has 0 aromatic heterocycles. The van der Waals surface area contributed by atoms with Crippen LogP contribution in [0.15, 0.2) is 84.9 Å². The molecule has 0 heterocycles. The maximum Gasteiger partial charge on any atom is 0.432 e. The zero-order valence-electron chi connectivity index (χ0n) is 24.2. The molecule has 238 valence electrons. The van der Waals surface area contributed by atoms with E-state index in [0.717, 1.165) is 48.9 Å². The van der Waals surface area contributed by atoms with E-state index in [4.69, 9.17) is 0 Å². The van der Waals surface area contributed by atoms with Crippen LogP contribution < -0.4 is 4.74 Å². The maximum absolute atomic E-state index is 15.1. The summed E-state index contributed by atoms with van der Waals surface area (Å²) in [5.41, 5.74) is -0.944. The second kappa shape index (κ2) is 13.3. The summed E-state index contributed by atoms with van der Waals surface area (Å²) < 4.78 is 135. The summed E-state index contributed by atoms with van der Waals surface area (Å²) in [7, 11) is 0. The fourth-order valence-corrected chi connectivity index (χ4v) is 5.08. The molecule has 1 nitrogen and oxygen atoms in total. The van der Waals surface area contributed by atoms with Crippen molar-refractivity contribution >= 4 is 0 Å². The van der Waals surface area contributed by atoms with Crippen molar-refractivity contribution in [1.82, 2.24) is 0 Å². The van der Waals surface area contributed by atoms with Gasteiger partial charge in [0.15, 0.2) is 17.5 Å². The Hall–Kier alpha value is -4.73. The zero-order chi connectivity index (χ0) is 33.2. The number of benzene rings is 5. The minimum atomic E-state index is -4.67. The van der Waals surface area contributed by atoms with Gasteiger partial charge in [0, 0.05) is 17.2 Å². The lowest BCUT2D eigenvalue weighted by Crippen LogP contribution is -2.25. The van der Waals surface area contributed by atoms with Gasteiger partial charge in [0.2, 0.25) is 0 Å². The molecule has 46 heavy (non-hydrogen) atoms. The number of unbranched alkanes of at least 4 members (excludes halogenated alkanes) is 2. The zero-order valence-corrected chi connectivity index (χ0v) is 24.2. The topological polar surface area (TPSA) is 9.23 Å². The van der Waals surface area contributed by atoms with Gasteiger partial charge in [0.25, 0.3) is 0 Å². The smallest absolute Gasteiger partial charge is 0.429 e. The lowest BCUT2D eigenvalue weighted by molar-refractivity contribution is -0.189. The van der Waals surface area contributed by atoms with E-state index in [-0.39, 0.29) is 11.1 Å². The summed E-state index contributed by atoms with van der Waals surface area (Å²) in [6, 6.07) is 15.6. The quantitative estimate of drug-likeness (QED) is 0.0835. The standard InChI is InChI=1S/C36H25F9O/c1-2-3-4-5-20-6-8-21(9-7-20)22-10-12-26(28(37)14-22)23-15-30(39)34(31(40)16-23)36(44,45)46-25-11-13-27(29(38)19-25)24-17-32(41)35(43)33(42)18-24/h6-19H,2-5H2,1H3. The normalized spacial score (nSPS) is 11.6. The molecule has 0 bridgehead atoms. The average molecular weight is 645 g/mol. The number of hydrogen-bond donors (Lipinski definition) is 0. The Morgan fingerprint density at radius 2 is 1.02 bits per heavy atom. The molecule has 0 atom stereocenters. The second-order valence-electron chi connectivity index (χ2n) is 10.7. The lowest BCUT2D eigenvalue weighted by Gasteiger charge is -2.20. The van der Waals surface area contributed by atoms with E-state index in [9.17, 15) is 35.1 Å². The van der Waals surface area contributed by atoms with Crippen molar-refractivity contribution in [2.75, 3.05) is 0 Å². The molecular weight excluding hydrogens is 619 g/mol. The molecule has 0 saturated carbocycles. The van der Waals surface area contributed by atoms with Crippen LogP contribution in [0.3, 0.4) is 0 Å². The van der Waals surface area contributed by atoms with E-state index in [1.54, 1.807) is 6.07 Å². The van der Waals surface area contributed by atoms with Crippen molar-refractivity contribution < 1.29 is 44.3 Å². The monoisotopic (exact) mass is 644 g/mol. The van der Waals surface area contributed by atoms with Gasteiger partial charge in [-0.15, -0.1) is 0 Å². The molecule has 0 spiro atoms. The van der Waals surface area contributed by atoms with E-state index < -0.39 is 69.3 Å². The van der Waals surface area contributed by atoms with Crippen LogP contribution in [0.1, 0.15) is 37.3 Å². The van der Waals surface area contributed by atoms with E-state index >= 15 is 4.39 Å². The van der Waals surface area contributed by atoms with Crippen LogP contribution in [0.2, 0.25) is 0 Å². The van der Waals surface area contributed by atoms with Crippen LogP contribution in [0.25, 0.3) is 33.4 Å². The molecule has 5 rings (SSSR count). The van der Waals surface area contributed by atoms with Crippen LogP contribution in [-0.4, -0.2) is 0 Å². The van der Waals surface area contributed by atoms with Crippen molar-refractivity contribution in [3.8, 4) is 39.1 Å². The molecule has 0 aliphatic carbocycles. The molecule has 0 unspecified atom stereocenters. The van der Waals surface area contributed by atoms with Crippen LogP contribution in [0.4, 0.5) is 39.5 Å². The van der Waals surface area contributed by atoms with Gasteiger partial charge in [-0.05, 0) is 83.1 Å². The highest BCUT2D eigenvalue weighted by molar-refractivity contribution is 5.71. The van der Waals surface area contributed by atoms with Crippen molar-refractivity contribution in [2.45, 2.75) is 38.7 Å². The largest absolute Gasteiger partial charge is 0.432 e. The van der Waals surface area contributed by atoms with Crippen molar-refractivity contribution in [3.63, 3.8) is 0 Å². The summed E-state index contributed by atoms with van der Waals surface area (Å²) in [6.45, 7) is 2.11. The molecule has 0 amide bonds. The molecular formula is C36H25F9O. The van der Waals surface area contributed by atoms with Gasteiger partial charge >= 0.3 is 6.11 Å². The molecule has 0 fully saturated rings. The van der Waals surface area contributed by atoms with Gasteiger partial charge in [0.05, 0.1) is 0 Å². The summed E-state index contributed by atoms with van der Waals surface area (Å²) >= 11 is 0. The Bertz CT molecular complexity index is 1840. The van der Waals surface area contributed by atoms with Gasteiger partial charge in [-0.25, -0.2) is 30.7 Å². The highest BCUT2D eigenvalue weighted by Crippen LogP contribution is 2.39. The molecule has 0 radical (unpaired) electrons. The third-order valence-electron chi connectivity index (χ3n) is 7.45. The highest BCUT2D eigenvalue weighted by Gasteiger charge is 2.41. The van der Waals surface area contributed by atoms with E-state index in [2.05, 4.69) is 11.7 Å². The van der Waals surface area contributed by atoms with Gasteiger partial charge in [0.1, 0.15) is 34.6 Å². The van der Waals surface area contributed by atoms with Crippen LogP contribution in [-0.2, 0) is 12.5 Å². The summed E-state index contributed by atoms with van der Waals surface area (Å²) in [5.74, 6) is -11.5. The Balaban J connectivity index is 1.36. The fourth-order valence-electron chi connectivity index (χ4n) is 5.08. The lowest BCUT2D eigenvalue weighted by atomic mass is 9.97. The first-order chi connectivity index (χ1) is 21.9. The van der Waals surface area contributed by atoms with Crippen molar-refractivity contribution in [1.29, 1.82) is 0 Å². The Morgan fingerprint density at radius 1 is 0.522 bits per heavy atom. The number of alkyl halides is 2. The maximum atomic E-state index is 15.1. The minimum Gasteiger partial charge on any atom is -0.429 e. The summed E-state index contributed by atoms with van der Waals surface area (Å²) in [4.78, 5) is 0. The van der Waals surface area contributed by atoms with Crippen LogP contribution in [0.5, 0.6) is 5.75 Å². The fraction of sp³-hybridized carbons (Fsp3) is 0.167. The van der Waals surface area contributed by atoms with Crippen LogP contribution in [0, 0.1) is 40.7 Å². The molecule has 0 N–H and O–H groups in total. The number of ether oxygens (including phenoxy) is 1. The molecule has 0 saturated heterocycles. The Labute approximate surface area is 258 Å². The average Bonchev–Trinajstić information content (AvgIpc) is 2.99. The minimum absolute atomic E-state index is 0.236. The molecule has 0 aliphatic rings. The van der Waals surface area contributed by atoms with Gasteiger partial charge in [-0.2, -0.15) is 8.78 Å². The third-order valence-corrected chi connectivity index (χ3v) is 7.45. The van der Waals surface area contributed by atoms with E-state index in [1.807, 2.05) is 24.3 Å². The Kier molecular flexibility index (Phi) is 9.46. The second-order valence-corrected chi connectivity index (χ2v) is 10.7. The third kappa shape index (κ3) is 6.90. The molecule has 5 aromatic carbocycles. The number of hydrogen-bond acceptors (Lipinski definition) is 1. The van der Waals surface area contributed by atoms with E-state index in [1.165, 1.54) is 12.1 Å². The highest BCUT2D eigenvalue weighted by atomic mass is 19.3. The van der Waals surface area contributed by atoms with Gasteiger partial charge in [-0.3, -0.25) is 0 Å². The summed E-state index contributed by atoms with van der Waals surface area (Å²) in [5, 5.41) is 0. The van der Waals surface area contributed by atoms with Gasteiger partial charge < -0.3 is 4.74 Å². The first kappa shape index (κ1) is 32.7. The molecule has 0 aliphatic heterocycles. The predicted molar refractivity (Wildman–Crippen MR) is 157 cm³/mol. The van der Waals surface area contributed by atoms with Crippen molar-refractivity contribution in [2.24, 2.45) is 0 Å². The number of rotatable bonds is 10. The first-order valence-corrected chi connectivity index (χ1v) is 14.3. The van der Waals surface area contributed by atoms with Crippen molar-refractivity contribution in [3.05, 3.63) is 137 Å². The molecule has 5 aromatic rings. The SMILES string of the molecule is CCCCCc1ccc(-c2ccc(-c3cc(F)c(C(F)(F)Oc4ccc(-c5cc(F)c(F)c(F)c5)c(F)c4)c(F)c3)c(F)c2)cc1. The molecule has 10 heteroatoms. The predicted octanol–water partition coefficient (Wildman–Crippen LogP) is 11.5. The Morgan fingerprint density at radius 3 is 1.57 bits per heavy atom. The number of aryl methyl sites for hydroxylation is 1. The van der Waals surface area contributed by atoms with E-state index in [0.29, 0.717) is 35.9 Å². The summed E-state index contributed by atoms with van der Waals surface area (Å²) in [6.07, 6.45) is -0.476. The first-order valence-electron chi connectivity index (χ1n) is 14.3. The van der Waals surface area contributed by atoms with Crippen LogP contribution >= 0.6 is 0 Å². The van der Waals surface area contributed by atoms with Gasteiger partial charge in [-0.1, -0.05) is 56.2 Å². The number of halogens is 9.